The average Bonchev–Trinajstić information content (AvgIpc) is 2.86. The van der Waals surface area contributed by atoms with Crippen LogP contribution < -0.4 is 22.1 Å². The Kier molecular flexibility index (Phi) is 18.0. The quantitative estimate of drug-likeness (QED) is 0.117. The van der Waals surface area contributed by atoms with Gasteiger partial charge in [0, 0.05) is 23.9 Å². The van der Waals surface area contributed by atoms with Crippen LogP contribution in [-0.4, -0.2) is 43.1 Å². The monoisotopic (exact) mass is 590 g/mol. The predicted octanol–water partition coefficient (Wildman–Crippen LogP) is 4.55. The number of rotatable bonds is 16. The van der Waals surface area contributed by atoms with Crippen molar-refractivity contribution >= 4 is 35.4 Å². The van der Waals surface area contributed by atoms with E-state index in [-0.39, 0.29) is 5.76 Å². The standard InChI is InChI=1S/C30H43ClN4O6/c1-21(13-8-7-9-16-24(40-6)27(32)37)14-10-11-17-25(36)35-26(30(3,4)5)28(38)34-20-12-15-23(41-29(33)39)19-18-22(2)31/h7,9-14,16-18,20,23,26H,8,15,19H2,1-6H3,(H2,32,37)(H2,33,39)(H,34,38)(H,35,36)/b9-7+,14-10-,17-11-,20-12-,21-13+,22-18+,24-16+. The molecular weight excluding hydrogens is 548 g/mol. The molecule has 11 heteroatoms. The van der Waals surface area contributed by atoms with Gasteiger partial charge >= 0.3 is 6.09 Å². The molecule has 0 aromatic rings. The lowest BCUT2D eigenvalue weighted by molar-refractivity contribution is -0.129. The maximum absolute atomic E-state index is 12.8. The van der Waals surface area contributed by atoms with E-state index in [1.54, 1.807) is 37.3 Å². The molecule has 0 aromatic carbocycles. The van der Waals surface area contributed by atoms with Gasteiger partial charge in [-0.2, -0.15) is 0 Å². The van der Waals surface area contributed by atoms with Gasteiger partial charge < -0.3 is 31.6 Å². The second-order valence-electron chi connectivity index (χ2n) is 9.97. The van der Waals surface area contributed by atoms with Gasteiger partial charge in [0.15, 0.2) is 5.76 Å². The largest absolute Gasteiger partial charge is 0.491 e. The van der Waals surface area contributed by atoms with Crippen molar-refractivity contribution in [2.45, 2.75) is 66.0 Å². The normalized spacial score (nSPS) is 15.0. The van der Waals surface area contributed by atoms with Gasteiger partial charge in [0.05, 0.1) is 7.11 Å². The van der Waals surface area contributed by atoms with Crippen LogP contribution in [0.25, 0.3) is 0 Å². The summed E-state index contributed by atoms with van der Waals surface area (Å²) in [5.41, 5.74) is 10.7. The van der Waals surface area contributed by atoms with E-state index in [2.05, 4.69) is 10.6 Å². The Labute approximate surface area is 247 Å². The third kappa shape index (κ3) is 18.8. The van der Waals surface area contributed by atoms with Crippen molar-refractivity contribution in [3.05, 3.63) is 83.3 Å². The molecule has 0 radical (unpaired) electrons. The Morgan fingerprint density at radius 3 is 2.17 bits per heavy atom. The first-order valence-corrected chi connectivity index (χ1v) is 13.3. The van der Waals surface area contributed by atoms with Crippen LogP contribution in [0, 0.1) is 5.41 Å². The van der Waals surface area contributed by atoms with Gasteiger partial charge in [-0.1, -0.05) is 86.6 Å². The molecule has 0 spiro atoms. The van der Waals surface area contributed by atoms with Gasteiger partial charge in [0.1, 0.15) is 12.1 Å². The van der Waals surface area contributed by atoms with Crippen molar-refractivity contribution in [1.82, 2.24) is 10.6 Å². The van der Waals surface area contributed by atoms with Crippen LogP contribution in [0.3, 0.4) is 0 Å². The topological polar surface area (TPSA) is 163 Å². The molecule has 0 bridgehead atoms. The maximum atomic E-state index is 12.8. The fourth-order valence-corrected chi connectivity index (χ4v) is 3.21. The van der Waals surface area contributed by atoms with Crippen molar-refractivity contribution in [2.24, 2.45) is 16.9 Å². The van der Waals surface area contributed by atoms with Gasteiger partial charge in [-0.3, -0.25) is 14.4 Å². The second-order valence-corrected chi connectivity index (χ2v) is 10.6. The van der Waals surface area contributed by atoms with Crippen molar-refractivity contribution in [2.75, 3.05) is 7.11 Å². The molecule has 2 unspecified atom stereocenters. The number of amides is 4. The van der Waals surface area contributed by atoms with E-state index in [0.717, 1.165) is 5.57 Å². The van der Waals surface area contributed by atoms with Crippen LogP contribution in [0.1, 0.15) is 53.9 Å². The third-order valence-corrected chi connectivity index (χ3v) is 5.40. The zero-order valence-corrected chi connectivity index (χ0v) is 25.4. The molecule has 4 amide bonds. The van der Waals surface area contributed by atoms with E-state index in [4.69, 9.17) is 32.5 Å². The zero-order valence-electron chi connectivity index (χ0n) is 24.6. The summed E-state index contributed by atoms with van der Waals surface area (Å²) in [7, 11) is 1.37. The molecule has 0 saturated carbocycles. The summed E-state index contributed by atoms with van der Waals surface area (Å²) in [6.07, 6.45) is 18.1. The third-order valence-electron chi connectivity index (χ3n) is 5.24. The summed E-state index contributed by atoms with van der Waals surface area (Å²) in [5, 5.41) is 5.96. The molecule has 0 aliphatic heterocycles. The first kappa shape index (κ1) is 37.0. The smallest absolute Gasteiger partial charge is 0.404 e. The molecule has 226 valence electrons. The summed E-state index contributed by atoms with van der Waals surface area (Å²) in [4.78, 5) is 47.5. The molecule has 0 rings (SSSR count). The van der Waals surface area contributed by atoms with Gasteiger partial charge in [-0.25, -0.2) is 4.79 Å². The molecule has 2 atom stereocenters. The van der Waals surface area contributed by atoms with E-state index in [1.165, 1.54) is 25.5 Å². The number of allylic oxidation sites excluding steroid dienone is 9. The van der Waals surface area contributed by atoms with E-state index in [9.17, 15) is 19.2 Å². The summed E-state index contributed by atoms with van der Waals surface area (Å²) >= 11 is 5.83. The summed E-state index contributed by atoms with van der Waals surface area (Å²) in [5.74, 6) is -1.39. The molecular formula is C30H43ClN4O6. The highest BCUT2D eigenvalue weighted by Crippen LogP contribution is 2.19. The summed E-state index contributed by atoms with van der Waals surface area (Å²) in [6, 6.07) is -0.816. The Morgan fingerprint density at radius 2 is 1.61 bits per heavy atom. The van der Waals surface area contributed by atoms with Gasteiger partial charge in [0.25, 0.3) is 5.91 Å². The highest BCUT2D eigenvalue weighted by atomic mass is 35.5. The van der Waals surface area contributed by atoms with Crippen LogP contribution in [-0.2, 0) is 23.9 Å². The number of nitrogens with two attached hydrogens (primary N) is 2. The minimum absolute atomic E-state index is 0.0694. The Morgan fingerprint density at radius 1 is 0.951 bits per heavy atom. The second kappa shape index (κ2) is 19.9. The number of carbonyl (C=O) groups is 4. The molecule has 0 heterocycles. The zero-order chi connectivity index (χ0) is 31.4. The number of primary amides is 2. The lowest BCUT2D eigenvalue weighted by Gasteiger charge is -2.29. The number of nitrogens with one attached hydrogen (secondary N) is 2. The van der Waals surface area contributed by atoms with Gasteiger partial charge in [0.2, 0.25) is 11.8 Å². The molecule has 0 saturated heterocycles. The fraction of sp³-hybridized carbons (Fsp3) is 0.400. The molecule has 0 aliphatic carbocycles. The number of carbonyl (C=O) groups excluding carboxylic acids is 4. The van der Waals surface area contributed by atoms with Crippen molar-refractivity contribution in [3.8, 4) is 0 Å². The summed E-state index contributed by atoms with van der Waals surface area (Å²) in [6.45, 7) is 9.13. The van der Waals surface area contributed by atoms with Crippen molar-refractivity contribution in [3.63, 3.8) is 0 Å². The van der Waals surface area contributed by atoms with E-state index >= 15 is 0 Å². The predicted molar refractivity (Wildman–Crippen MR) is 162 cm³/mol. The number of ether oxygens (including phenoxy) is 2. The number of hydrogen-bond donors (Lipinski definition) is 4. The maximum Gasteiger partial charge on any atom is 0.404 e. The van der Waals surface area contributed by atoms with Crippen molar-refractivity contribution < 1.29 is 28.7 Å². The molecule has 6 N–H and O–H groups in total. The minimum Gasteiger partial charge on any atom is -0.491 e. The average molecular weight is 591 g/mol. The van der Waals surface area contributed by atoms with E-state index in [0.29, 0.717) is 24.3 Å². The van der Waals surface area contributed by atoms with E-state index < -0.39 is 41.4 Å². The Bertz CT molecular complexity index is 1110. The van der Waals surface area contributed by atoms with Crippen LogP contribution >= 0.6 is 11.6 Å². The van der Waals surface area contributed by atoms with Crippen LogP contribution in [0.5, 0.6) is 0 Å². The molecule has 41 heavy (non-hydrogen) atoms. The number of methoxy groups -OCH3 is 1. The molecule has 0 aromatic heterocycles. The number of hydrogen-bond acceptors (Lipinski definition) is 6. The molecule has 0 fully saturated rings. The number of halogens is 1. The van der Waals surface area contributed by atoms with Gasteiger partial charge in [-0.05, 0) is 38.0 Å². The highest BCUT2D eigenvalue weighted by molar-refractivity contribution is 6.29. The van der Waals surface area contributed by atoms with Gasteiger partial charge in [-0.15, -0.1) is 0 Å². The Balaban J connectivity index is 5.01. The molecule has 10 nitrogen and oxygen atoms in total. The summed E-state index contributed by atoms with van der Waals surface area (Å²) < 4.78 is 9.90. The molecule has 0 aliphatic rings. The fourth-order valence-electron chi connectivity index (χ4n) is 3.12. The highest BCUT2D eigenvalue weighted by Gasteiger charge is 2.31. The minimum atomic E-state index is -0.900. The first-order chi connectivity index (χ1) is 19.2. The SMILES string of the molecule is CO/C(=C/C=C/C/C=C(C)/C=C\C=C/C(=O)NC(C(=O)N/C=C\CC(C/C=C(\C)Cl)OC(N)=O)C(C)(C)C)C(N)=O. The first-order valence-electron chi connectivity index (χ1n) is 12.9. The lowest BCUT2D eigenvalue weighted by atomic mass is 9.86. The Hall–Kier alpha value is -4.05. The van der Waals surface area contributed by atoms with Crippen LogP contribution in [0.4, 0.5) is 4.79 Å². The van der Waals surface area contributed by atoms with Crippen LogP contribution in [0.2, 0.25) is 0 Å². The lowest BCUT2D eigenvalue weighted by Crippen LogP contribution is -2.52. The van der Waals surface area contributed by atoms with E-state index in [1.807, 2.05) is 45.9 Å². The van der Waals surface area contributed by atoms with Crippen LogP contribution in [0.15, 0.2) is 83.3 Å². The van der Waals surface area contributed by atoms with Crippen molar-refractivity contribution in [1.29, 1.82) is 0 Å².